The zero-order valence-corrected chi connectivity index (χ0v) is 13.7. The van der Waals surface area contributed by atoms with Gasteiger partial charge in [-0.15, -0.1) is 0 Å². The first-order chi connectivity index (χ1) is 10.4. The van der Waals surface area contributed by atoms with Gasteiger partial charge < -0.3 is 9.47 Å². The standard InChI is InChI=1S/C20H22O2/c1-13-6-8-18(15(3)10-13)21-20(12-17(20)5)22-19-9-7-14(2)11-16(19)4/h6-11H,5,12H2,1-4H3. The normalized spacial score (nSPS) is 15.5. The molecule has 0 bridgehead atoms. The minimum atomic E-state index is -0.708. The van der Waals surface area contributed by atoms with Gasteiger partial charge in [0.15, 0.2) is 0 Å². The lowest BCUT2D eigenvalue weighted by atomic mass is 10.1. The Balaban J connectivity index is 1.85. The lowest BCUT2D eigenvalue weighted by Crippen LogP contribution is -2.27. The third kappa shape index (κ3) is 2.74. The summed E-state index contributed by atoms with van der Waals surface area (Å²) >= 11 is 0. The van der Waals surface area contributed by atoms with Crippen LogP contribution >= 0.6 is 0 Å². The molecule has 114 valence electrons. The van der Waals surface area contributed by atoms with E-state index < -0.39 is 5.79 Å². The smallest absolute Gasteiger partial charge is 0.277 e. The molecular weight excluding hydrogens is 272 g/mol. The molecule has 2 nitrogen and oxygen atoms in total. The fourth-order valence-corrected chi connectivity index (χ4v) is 2.66. The molecule has 0 atom stereocenters. The molecule has 1 aliphatic carbocycles. The molecule has 0 aliphatic heterocycles. The van der Waals surface area contributed by atoms with Crippen molar-refractivity contribution in [3.8, 4) is 11.5 Å². The predicted octanol–water partition coefficient (Wildman–Crippen LogP) is 5.03. The third-order valence-corrected chi connectivity index (χ3v) is 4.07. The van der Waals surface area contributed by atoms with Crippen LogP contribution in [0.25, 0.3) is 0 Å². The van der Waals surface area contributed by atoms with Gasteiger partial charge in [-0.25, -0.2) is 0 Å². The van der Waals surface area contributed by atoms with Crippen molar-refractivity contribution in [2.75, 3.05) is 0 Å². The SMILES string of the molecule is C=C1CC1(Oc1ccc(C)cc1C)Oc1ccc(C)cc1C. The topological polar surface area (TPSA) is 18.5 Å². The maximum atomic E-state index is 6.18. The summed E-state index contributed by atoms with van der Waals surface area (Å²) in [5.74, 6) is 1.00. The second-order valence-corrected chi connectivity index (χ2v) is 6.28. The van der Waals surface area contributed by atoms with Crippen LogP contribution in [0.1, 0.15) is 28.7 Å². The molecule has 22 heavy (non-hydrogen) atoms. The van der Waals surface area contributed by atoms with Gasteiger partial charge in [0.1, 0.15) is 11.5 Å². The second kappa shape index (κ2) is 5.20. The van der Waals surface area contributed by atoms with Crippen LogP contribution in [0, 0.1) is 27.7 Å². The maximum Gasteiger partial charge on any atom is 0.277 e. The highest BCUT2D eigenvalue weighted by Gasteiger charge is 2.54. The fourth-order valence-electron chi connectivity index (χ4n) is 2.66. The van der Waals surface area contributed by atoms with Gasteiger partial charge in [0, 0.05) is 5.57 Å². The van der Waals surface area contributed by atoms with E-state index in [1.807, 2.05) is 12.1 Å². The van der Waals surface area contributed by atoms with E-state index in [9.17, 15) is 0 Å². The lowest BCUT2D eigenvalue weighted by Gasteiger charge is -2.22. The van der Waals surface area contributed by atoms with Gasteiger partial charge in [0.05, 0.1) is 6.42 Å². The van der Waals surface area contributed by atoms with Crippen LogP contribution in [0.3, 0.4) is 0 Å². The van der Waals surface area contributed by atoms with Crippen LogP contribution in [-0.4, -0.2) is 5.79 Å². The van der Waals surface area contributed by atoms with Crippen molar-refractivity contribution >= 4 is 0 Å². The average molecular weight is 294 g/mol. The van der Waals surface area contributed by atoms with E-state index in [4.69, 9.17) is 9.47 Å². The summed E-state index contributed by atoms with van der Waals surface area (Å²) in [4.78, 5) is 0. The summed E-state index contributed by atoms with van der Waals surface area (Å²) in [7, 11) is 0. The Morgan fingerprint density at radius 1 is 0.818 bits per heavy atom. The summed E-state index contributed by atoms with van der Waals surface area (Å²) in [6.07, 6.45) is 0.730. The molecule has 1 aliphatic rings. The summed E-state index contributed by atoms with van der Waals surface area (Å²) in [5, 5.41) is 0. The summed E-state index contributed by atoms with van der Waals surface area (Å²) in [5.41, 5.74) is 5.66. The van der Waals surface area contributed by atoms with Crippen molar-refractivity contribution in [1.29, 1.82) is 0 Å². The molecule has 2 aromatic rings. The van der Waals surface area contributed by atoms with Crippen LogP contribution in [0.15, 0.2) is 48.6 Å². The number of hydrogen-bond acceptors (Lipinski definition) is 2. The Morgan fingerprint density at radius 2 is 1.23 bits per heavy atom. The van der Waals surface area contributed by atoms with Crippen molar-refractivity contribution in [2.24, 2.45) is 0 Å². The van der Waals surface area contributed by atoms with E-state index in [0.717, 1.165) is 34.6 Å². The molecule has 2 heteroatoms. The molecule has 0 spiro atoms. The molecule has 0 radical (unpaired) electrons. The molecule has 1 fully saturated rings. The van der Waals surface area contributed by atoms with Crippen molar-refractivity contribution in [1.82, 2.24) is 0 Å². The second-order valence-electron chi connectivity index (χ2n) is 6.28. The molecule has 1 saturated carbocycles. The van der Waals surface area contributed by atoms with Crippen LogP contribution in [0.5, 0.6) is 11.5 Å². The van der Waals surface area contributed by atoms with Crippen molar-refractivity contribution < 1.29 is 9.47 Å². The third-order valence-electron chi connectivity index (χ3n) is 4.07. The number of benzene rings is 2. The van der Waals surface area contributed by atoms with Gasteiger partial charge in [0.2, 0.25) is 0 Å². The monoisotopic (exact) mass is 294 g/mol. The van der Waals surface area contributed by atoms with E-state index in [0.29, 0.717) is 0 Å². The van der Waals surface area contributed by atoms with E-state index >= 15 is 0 Å². The minimum absolute atomic E-state index is 0.708. The van der Waals surface area contributed by atoms with Crippen LogP contribution < -0.4 is 9.47 Å². The zero-order valence-electron chi connectivity index (χ0n) is 13.7. The minimum Gasteiger partial charge on any atom is -0.448 e. The van der Waals surface area contributed by atoms with Crippen molar-refractivity contribution in [2.45, 2.75) is 39.9 Å². The lowest BCUT2D eigenvalue weighted by molar-refractivity contribution is -0.00923. The molecule has 0 saturated heterocycles. The van der Waals surface area contributed by atoms with Gasteiger partial charge in [0.25, 0.3) is 5.79 Å². The van der Waals surface area contributed by atoms with E-state index in [1.165, 1.54) is 11.1 Å². The van der Waals surface area contributed by atoms with Crippen LogP contribution in [0.4, 0.5) is 0 Å². The molecule has 3 rings (SSSR count). The fraction of sp³-hybridized carbons (Fsp3) is 0.300. The molecule has 0 N–H and O–H groups in total. The summed E-state index contributed by atoms with van der Waals surface area (Å²) in [6.45, 7) is 12.3. The van der Waals surface area contributed by atoms with Gasteiger partial charge in [-0.3, -0.25) is 0 Å². The quantitative estimate of drug-likeness (QED) is 0.581. The Hall–Kier alpha value is -2.22. The average Bonchev–Trinajstić information content (AvgIpc) is 3.06. The van der Waals surface area contributed by atoms with Gasteiger partial charge in [-0.2, -0.15) is 0 Å². The summed E-state index contributed by atoms with van der Waals surface area (Å²) in [6, 6.07) is 12.3. The molecule has 0 amide bonds. The van der Waals surface area contributed by atoms with Crippen molar-refractivity contribution in [3.63, 3.8) is 0 Å². The number of rotatable bonds is 4. The van der Waals surface area contributed by atoms with Crippen molar-refractivity contribution in [3.05, 3.63) is 70.8 Å². The van der Waals surface area contributed by atoms with E-state index in [-0.39, 0.29) is 0 Å². The first-order valence-corrected chi connectivity index (χ1v) is 7.60. The molecule has 0 heterocycles. The number of hydrogen-bond donors (Lipinski definition) is 0. The molecule has 0 aromatic heterocycles. The Kier molecular flexibility index (Phi) is 3.48. The zero-order chi connectivity index (χ0) is 15.9. The Bertz CT molecular complexity index is 690. The van der Waals surface area contributed by atoms with Gasteiger partial charge in [-0.05, 0) is 51.0 Å². The highest BCUT2D eigenvalue weighted by atomic mass is 16.7. The number of aryl methyl sites for hydroxylation is 4. The summed E-state index contributed by atoms with van der Waals surface area (Å²) < 4.78 is 12.4. The first-order valence-electron chi connectivity index (χ1n) is 7.60. The highest BCUT2D eigenvalue weighted by molar-refractivity contribution is 5.43. The van der Waals surface area contributed by atoms with Gasteiger partial charge in [-0.1, -0.05) is 42.0 Å². The van der Waals surface area contributed by atoms with Crippen LogP contribution in [-0.2, 0) is 0 Å². The van der Waals surface area contributed by atoms with Gasteiger partial charge >= 0.3 is 0 Å². The molecule has 2 aromatic carbocycles. The molecule has 0 unspecified atom stereocenters. The predicted molar refractivity (Wildman–Crippen MR) is 89.6 cm³/mol. The van der Waals surface area contributed by atoms with E-state index in [1.54, 1.807) is 0 Å². The first kappa shape index (κ1) is 14.7. The van der Waals surface area contributed by atoms with E-state index in [2.05, 4.69) is 58.5 Å². The van der Waals surface area contributed by atoms with Crippen LogP contribution in [0.2, 0.25) is 0 Å². The number of ether oxygens (including phenoxy) is 2. The highest BCUT2D eigenvalue weighted by Crippen LogP contribution is 2.47. The Labute approximate surface area is 132 Å². The maximum absolute atomic E-state index is 6.18. The molecular formula is C20H22O2. The Morgan fingerprint density at radius 3 is 1.55 bits per heavy atom. The largest absolute Gasteiger partial charge is 0.448 e.